The van der Waals surface area contributed by atoms with E-state index in [9.17, 15) is 9.59 Å². The highest BCUT2D eigenvalue weighted by atomic mass is 16.2. The molecule has 0 radical (unpaired) electrons. The molecular formula is C23H29N3O2. The Balaban J connectivity index is 1.59. The van der Waals surface area contributed by atoms with Gasteiger partial charge in [0.25, 0.3) is 5.91 Å². The fourth-order valence-electron chi connectivity index (χ4n) is 3.70. The maximum atomic E-state index is 13.1. The van der Waals surface area contributed by atoms with Gasteiger partial charge < -0.3 is 15.5 Å². The summed E-state index contributed by atoms with van der Waals surface area (Å²) in [7, 11) is 0. The van der Waals surface area contributed by atoms with Crippen molar-refractivity contribution in [2.45, 2.75) is 25.8 Å². The summed E-state index contributed by atoms with van der Waals surface area (Å²) in [5.74, 6) is 0.209. The predicted octanol–water partition coefficient (Wildman–Crippen LogP) is 2.92. The van der Waals surface area contributed by atoms with Crippen molar-refractivity contribution in [3.63, 3.8) is 0 Å². The standard InChI is InChI=1S/C23H29N3O2/c24-14-7-15-26(18-19-8-3-1-4-9-19)23(28)21-12-16-25(17-13-21)22(27)20-10-5-2-6-11-20/h1-6,8-11,21H,7,12-18,24H2. The smallest absolute Gasteiger partial charge is 0.253 e. The van der Waals surface area contributed by atoms with Crippen LogP contribution in [0.2, 0.25) is 0 Å². The highest BCUT2D eigenvalue weighted by molar-refractivity contribution is 5.94. The quantitative estimate of drug-likeness (QED) is 0.804. The molecule has 2 amide bonds. The Morgan fingerprint density at radius 3 is 2.18 bits per heavy atom. The molecule has 0 bridgehead atoms. The zero-order chi connectivity index (χ0) is 19.8. The second-order valence-corrected chi connectivity index (χ2v) is 7.32. The van der Waals surface area contributed by atoms with Crippen molar-refractivity contribution in [2.75, 3.05) is 26.2 Å². The zero-order valence-corrected chi connectivity index (χ0v) is 16.3. The van der Waals surface area contributed by atoms with Gasteiger partial charge in [-0.1, -0.05) is 48.5 Å². The summed E-state index contributed by atoms with van der Waals surface area (Å²) >= 11 is 0. The summed E-state index contributed by atoms with van der Waals surface area (Å²) in [6, 6.07) is 19.4. The molecule has 0 atom stereocenters. The van der Waals surface area contributed by atoms with E-state index in [4.69, 9.17) is 5.73 Å². The molecule has 5 nitrogen and oxygen atoms in total. The van der Waals surface area contributed by atoms with Crippen LogP contribution in [-0.2, 0) is 11.3 Å². The number of rotatable bonds is 7. The van der Waals surface area contributed by atoms with Crippen LogP contribution in [0.15, 0.2) is 60.7 Å². The van der Waals surface area contributed by atoms with Crippen LogP contribution < -0.4 is 5.73 Å². The van der Waals surface area contributed by atoms with Gasteiger partial charge in [-0.05, 0) is 43.5 Å². The first-order valence-electron chi connectivity index (χ1n) is 10.1. The summed E-state index contributed by atoms with van der Waals surface area (Å²) in [5, 5.41) is 0. The van der Waals surface area contributed by atoms with Crippen LogP contribution in [0, 0.1) is 5.92 Å². The fourth-order valence-corrected chi connectivity index (χ4v) is 3.70. The Labute approximate surface area is 167 Å². The van der Waals surface area contributed by atoms with Gasteiger partial charge in [0.2, 0.25) is 5.91 Å². The van der Waals surface area contributed by atoms with Gasteiger partial charge >= 0.3 is 0 Å². The number of piperidine rings is 1. The van der Waals surface area contributed by atoms with E-state index in [2.05, 4.69) is 0 Å². The molecule has 28 heavy (non-hydrogen) atoms. The van der Waals surface area contributed by atoms with E-state index >= 15 is 0 Å². The van der Waals surface area contributed by atoms with Crippen LogP contribution in [-0.4, -0.2) is 47.8 Å². The minimum atomic E-state index is -0.0266. The SMILES string of the molecule is NCCCN(Cc1ccccc1)C(=O)C1CCN(C(=O)c2ccccc2)CC1. The van der Waals surface area contributed by atoms with E-state index < -0.39 is 0 Å². The molecule has 1 fully saturated rings. The molecule has 2 aromatic rings. The number of nitrogens with zero attached hydrogens (tertiary/aromatic N) is 2. The average molecular weight is 380 g/mol. The molecule has 0 spiro atoms. The van der Waals surface area contributed by atoms with Crippen molar-refractivity contribution in [1.29, 1.82) is 0 Å². The van der Waals surface area contributed by atoms with Crippen molar-refractivity contribution in [2.24, 2.45) is 11.7 Å². The maximum Gasteiger partial charge on any atom is 0.253 e. The van der Waals surface area contributed by atoms with E-state index in [-0.39, 0.29) is 17.7 Å². The number of carbonyl (C=O) groups excluding carboxylic acids is 2. The van der Waals surface area contributed by atoms with Crippen LogP contribution in [0.3, 0.4) is 0 Å². The second-order valence-electron chi connectivity index (χ2n) is 7.32. The van der Waals surface area contributed by atoms with Gasteiger partial charge in [-0.2, -0.15) is 0 Å². The molecule has 1 saturated heterocycles. The number of nitrogens with two attached hydrogens (primary N) is 1. The molecule has 2 aromatic carbocycles. The lowest BCUT2D eigenvalue weighted by molar-refractivity contribution is -0.137. The van der Waals surface area contributed by atoms with Crippen molar-refractivity contribution >= 4 is 11.8 Å². The van der Waals surface area contributed by atoms with Crippen LogP contribution >= 0.6 is 0 Å². The molecule has 5 heteroatoms. The molecule has 0 aromatic heterocycles. The fraction of sp³-hybridized carbons (Fsp3) is 0.391. The number of hydrogen-bond donors (Lipinski definition) is 1. The lowest BCUT2D eigenvalue weighted by Gasteiger charge is -2.34. The summed E-state index contributed by atoms with van der Waals surface area (Å²) in [5.41, 5.74) is 7.51. The van der Waals surface area contributed by atoms with Gasteiger partial charge in [-0.15, -0.1) is 0 Å². The van der Waals surface area contributed by atoms with Crippen LogP contribution in [0.4, 0.5) is 0 Å². The molecule has 0 saturated carbocycles. The van der Waals surface area contributed by atoms with Crippen molar-refractivity contribution in [3.8, 4) is 0 Å². The Morgan fingerprint density at radius 1 is 0.964 bits per heavy atom. The molecule has 0 unspecified atom stereocenters. The van der Waals surface area contributed by atoms with E-state index in [1.807, 2.05) is 70.5 Å². The third kappa shape index (κ3) is 5.20. The van der Waals surface area contributed by atoms with Crippen molar-refractivity contribution in [3.05, 3.63) is 71.8 Å². The normalized spacial score (nSPS) is 14.7. The number of amides is 2. The third-order valence-corrected chi connectivity index (χ3v) is 5.31. The number of hydrogen-bond acceptors (Lipinski definition) is 3. The van der Waals surface area contributed by atoms with Gasteiger partial charge in [0.1, 0.15) is 0 Å². The summed E-state index contributed by atoms with van der Waals surface area (Å²) in [6.07, 6.45) is 2.22. The van der Waals surface area contributed by atoms with Crippen molar-refractivity contribution in [1.82, 2.24) is 9.80 Å². The highest BCUT2D eigenvalue weighted by Gasteiger charge is 2.30. The molecule has 1 aliphatic rings. The molecule has 0 aliphatic carbocycles. The molecule has 1 aliphatic heterocycles. The van der Waals surface area contributed by atoms with Crippen molar-refractivity contribution < 1.29 is 9.59 Å². The first-order chi connectivity index (χ1) is 13.7. The van der Waals surface area contributed by atoms with Gasteiger partial charge in [0.15, 0.2) is 0 Å². The minimum Gasteiger partial charge on any atom is -0.339 e. The largest absolute Gasteiger partial charge is 0.339 e. The van der Waals surface area contributed by atoms with Crippen LogP contribution in [0.1, 0.15) is 35.2 Å². The second kappa shape index (κ2) is 10.0. The Morgan fingerprint density at radius 2 is 1.57 bits per heavy atom. The topological polar surface area (TPSA) is 66.6 Å². The van der Waals surface area contributed by atoms with Crippen LogP contribution in [0.5, 0.6) is 0 Å². The third-order valence-electron chi connectivity index (χ3n) is 5.31. The van der Waals surface area contributed by atoms with Gasteiger partial charge in [-0.25, -0.2) is 0 Å². The first kappa shape index (κ1) is 20.1. The van der Waals surface area contributed by atoms with E-state index in [1.54, 1.807) is 0 Å². The number of benzene rings is 2. The average Bonchev–Trinajstić information content (AvgIpc) is 2.77. The van der Waals surface area contributed by atoms with Crippen LogP contribution in [0.25, 0.3) is 0 Å². The maximum absolute atomic E-state index is 13.1. The van der Waals surface area contributed by atoms with E-state index in [1.165, 1.54) is 0 Å². The summed E-state index contributed by atoms with van der Waals surface area (Å²) in [4.78, 5) is 29.5. The molecular weight excluding hydrogens is 350 g/mol. The summed E-state index contributed by atoms with van der Waals surface area (Å²) < 4.78 is 0. The highest BCUT2D eigenvalue weighted by Crippen LogP contribution is 2.22. The summed E-state index contributed by atoms with van der Waals surface area (Å²) in [6.45, 7) is 3.11. The molecule has 1 heterocycles. The molecule has 2 N–H and O–H groups in total. The van der Waals surface area contributed by atoms with Gasteiger partial charge in [0.05, 0.1) is 0 Å². The molecule has 148 valence electrons. The number of likely N-dealkylation sites (tertiary alicyclic amines) is 1. The Hall–Kier alpha value is -2.66. The number of carbonyl (C=O) groups is 2. The van der Waals surface area contributed by atoms with Gasteiger partial charge in [-0.3, -0.25) is 9.59 Å². The van der Waals surface area contributed by atoms with Gasteiger partial charge in [0, 0.05) is 37.7 Å². The first-order valence-corrected chi connectivity index (χ1v) is 10.1. The monoisotopic (exact) mass is 379 g/mol. The zero-order valence-electron chi connectivity index (χ0n) is 16.3. The predicted molar refractivity (Wildman–Crippen MR) is 111 cm³/mol. The molecule has 3 rings (SSSR count). The lowest BCUT2D eigenvalue weighted by atomic mass is 9.94. The Bertz CT molecular complexity index is 756. The minimum absolute atomic E-state index is 0.0266. The lowest BCUT2D eigenvalue weighted by Crippen LogP contribution is -2.44. The Kier molecular flexibility index (Phi) is 7.20. The van der Waals surface area contributed by atoms with E-state index in [0.717, 1.165) is 12.0 Å². The van der Waals surface area contributed by atoms with E-state index in [0.29, 0.717) is 51.1 Å².